The van der Waals surface area contributed by atoms with Crippen molar-refractivity contribution in [3.8, 4) is 0 Å². The van der Waals surface area contributed by atoms with E-state index in [-0.39, 0.29) is 10.8 Å². The Hall–Kier alpha value is -0.310. The van der Waals surface area contributed by atoms with Crippen LogP contribution in [0.4, 0.5) is 0 Å². The zero-order chi connectivity index (χ0) is 7.28. The average molecular weight is 193 g/mol. The summed E-state index contributed by atoms with van der Waals surface area (Å²) in [5, 5.41) is 0. The first-order valence-electron chi connectivity index (χ1n) is 2.60. The topological polar surface area (TPSA) is 26.3 Å². The Morgan fingerprint density at radius 3 is 2.89 bits per heavy atom. The second kappa shape index (κ2) is 4.56. The Morgan fingerprint density at radius 2 is 2.56 bits per heavy atom. The van der Waals surface area contributed by atoms with Crippen molar-refractivity contribution in [3.05, 3.63) is 12.7 Å². The largest absolute Gasteiger partial charge is 0.461 e. The molecule has 0 bridgehead atoms. The van der Waals surface area contributed by atoms with Crippen LogP contribution in [-0.2, 0) is 9.53 Å². The molecule has 0 fully saturated rings. The highest BCUT2D eigenvalue weighted by molar-refractivity contribution is 9.09. The van der Waals surface area contributed by atoms with Crippen LogP contribution in [0.15, 0.2) is 12.7 Å². The zero-order valence-electron chi connectivity index (χ0n) is 5.26. The van der Waals surface area contributed by atoms with Crippen molar-refractivity contribution in [3.63, 3.8) is 0 Å². The standard InChI is InChI=1S/C6H9BrO2/c1-3-6(8)9-4-5(2)7/h3,5H,1,4H2,2H3. The van der Waals surface area contributed by atoms with Gasteiger partial charge in [0.1, 0.15) is 6.61 Å². The van der Waals surface area contributed by atoms with Gasteiger partial charge in [-0.3, -0.25) is 0 Å². The molecule has 0 heterocycles. The predicted octanol–water partition coefficient (Wildman–Crippen LogP) is 1.50. The van der Waals surface area contributed by atoms with Gasteiger partial charge in [-0.15, -0.1) is 0 Å². The molecular weight excluding hydrogens is 184 g/mol. The van der Waals surface area contributed by atoms with E-state index in [2.05, 4.69) is 27.2 Å². The summed E-state index contributed by atoms with van der Waals surface area (Å²) in [7, 11) is 0. The molecule has 0 amide bonds. The van der Waals surface area contributed by atoms with Gasteiger partial charge in [0.25, 0.3) is 0 Å². The van der Waals surface area contributed by atoms with Crippen LogP contribution in [0.5, 0.6) is 0 Å². The third kappa shape index (κ3) is 5.56. The molecule has 0 N–H and O–H groups in total. The molecule has 0 aliphatic rings. The highest BCUT2D eigenvalue weighted by atomic mass is 79.9. The number of alkyl halides is 1. The Labute approximate surface area is 63.0 Å². The highest BCUT2D eigenvalue weighted by Crippen LogP contribution is 1.97. The fraction of sp³-hybridized carbons (Fsp3) is 0.500. The van der Waals surface area contributed by atoms with Crippen LogP contribution in [0.3, 0.4) is 0 Å². The summed E-state index contributed by atoms with van der Waals surface area (Å²) in [6.45, 7) is 5.54. The Kier molecular flexibility index (Phi) is 4.40. The number of ether oxygens (including phenoxy) is 1. The van der Waals surface area contributed by atoms with E-state index in [1.165, 1.54) is 0 Å². The SMILES string of the molecule is C=CC(=O)OCC(C)Br. The molecule has 9 heavy (non-hydrogen) atoms. The third-order valence-electron chi connectivity index (χ3n) is 0.622. The number of halogens is 1. The zero-order valence-corrected chi connectivity index (χ0v) is 6.85. The summed E-state index contributed by atoms with van der Waals surface area (Å²) in [6.07, 6.45) is 1.15. The lowest BCUT2D eigenvalue weighted by molar-refractivity contribution is -0.137. The van der Waals surface area contributed by atoms with Crippen molar-refractivity contribution in [1.82, 2.24) is 0 Å². The van der Waals surface area contributed by atoms with Gasteiger partial charge in [-0.25, -0.2) is 4.79 Å². The quantitative estimate of drug-likeness (QED) is 0.385. The minimum atomic E-state index is -0.374. The summed E-state index contributed by atoms with van der Waals surface area (Å²) in [6, 6.07) is 0. The van der Waals surface area contributed by atoms with Crippen molar-refractivity contribution in [2.45, 2.75) is 11.8 Å². The van der Waals surface area contributed by atoms with Crippen LogP contribution >= 0.6 is 15.9 Å². The van der Waals surface area contributed by atoms with Crippen molar-refractivity contribution in [2.24, 2.45) is 0 Å². The summed E-state index contributed by atoms with van der Waals surface area (Å²) in [5.74, 6) is -0.374. The van der Waals surface area contributed by atoms with Gasteiger partial charge >= 0.3 is 5.97 Å². The molecule has 2 nitrogen and oxygen atoms in total. The predicted molar refractivity (Wildman–Crippen MR) is 39.5 cm³/mol. The lowest BCUT2D eigenvalue weighted by atomic mass is 10.5. The van der Waals surface area contributed by atoms with Gasteiger partial charge in [0, 0.05) is 10.9 Å². The molecule has 0 aromatic carbocycles. The molecule has 0 saturated carbocycles. The molecule has 0 saturated heterocycles. The maximum Gasteiger partial charge on any atom is 0.330 e. The van der Waals surface area contributed by atoms with Crippen molar-refractivity contribution in [1.29, 1.82) is 0 Å². The van der Waals surface area contributed by atoms with E-state index >= 15 is 0 Å². The van der Waals surface area contributed by atoms with E-state index in [4.69, 9.17) is 0 Å². The van der Waals surface area contributed by atoms with E-state index in [9.17, 15) is 4.79 Å². The fourth-order valence-electron chi connectivity index (χ4n) is 0.256. The number of hydrogen-bond donors (Lipinski definition) is 0. The van der Waals surface area contributed by atoms with Crippen LogP contribution in [0.1, 0.15) is 6.92 Å². The lowest BCUT2D eigenvalue weighted by Crippen LogP contribution is -2.08. The summed E-state index contributed by atoms with van der Waals surface area (Å²) < 4.78 is 4.65. The van der Waals surface area contributed by atoms with Crippen molar-refractivity contribution < 1.29 is 9.53 Å². The molecule has 1 unspecified atom stereocenters. The molecule has 0 radical (unpaired) electrons. The van der Waals surface area contributed by atoms with Crippen molar-refractivity contribution in [2.75, 3.05) is 6.61 Å². The molecular formula is C6H9BrO2. The van der Waals surface area contributed by atoms with Gasteiger partial charge in [0.05, 0.1) is 0 Å². The lowest BCUT2D eigenvalue weighted by Gasteiger charge is -2.01. The Balaban J connectivity index is 3.27. The minimum absolute atomic E-state index is 0.210. The number of carbonyl (C=O) groups excluding carboxylic acids is 1. The maximum atomic E-state index is 10.4. The third-order valence-corrected chi connectivity index (χ3v) is 0.886. The molecule has 0 spiro atoms. The number of rotatable bonds is 3. The van der Waals surface area contributed by atoms with E-state index < -0.39 is 0 Å². The van der Waals surface area contributed by atoms with Gasteiger partial charge < -0.3 is 4.74 Å². The fourth-order valence-corrected chi connectivity index (χ4v) is 0.388. The summed E-state index contributed by atoms with van der Waals surface area (Å²) in [4.78, 5) is 10.6. The van der Waals surface area contributed by atoms with Crippen LogP contribution in [-0.4, -0.2) is 17.4 Å². The molecule has 3 heteroatoms. The number of hydrogen-bond acceptors (Lipinski definition) is 2. The first kappa shape index (κ1) is 8.69. The minimum Gasteiger partial charge on any atom is -0.461 e. The highest BCUT2D eigenvalue weighted by Gasteiger charge is 1.98. The van der Waals surface area contributed by atoms with Crippen LogP contribution in [0.25, 0.3) is 0 Å². The van der Waals surface area contributed by atoms with Crippen molar-refractivity contribution >= 4 is 21.9 Å². The van der Waals surface area contributed by atoms with Gasteiger partial charge in [-0.2, -0.15) is 0 Å². The molecule has 0 aliphatic heterocycles. The van der Waals surface area contributed by atoms with E-state index in [0.717, 1.165) is 6.08 Å². The Morgan fingerprint density at radius 1 is 2.00 bits per heavy atom. The summed E-state index contributed by atoms with van der Waals surface area (Å²) in [5.41, 5.74) is 0. The maximum absolute atomic E-state index is 10.4. The van der Waals surface area contributed by atoms with Gasteiger partial charge in [0.15, 0.2) is 0 Å². The smallest absolute Gasteiger partial charge is 0.330 e. The van der Waals surface area contributed by atoms with Gasteiger partial charge in [-0.1, -0.05) is 22.5 Å². The molecule has 0 aliphatic carbocycles. The molecule has 52 valence electrons. The van der Waals surface area contributed by atoms with Gasteiger partial charge in [-0.05, 0) is 6.92 Å². The van der Waals surface area contributed by atoms with Crippen LogP contribution in [0.2, 0.25) is 0 Å². The normalized spacial score (nSPS) is 12.2. The first-order chi connectivity index (χ1) is 4.16. The van der Waals surface area contributed by atoms with Crippen LogP contribution < -0.4 is 0 Å². The number of carbonyl (C=O) groups is 1. The molecule has 0 aromatic heterocycles. The molecule has 0 rings (SSSR count). The van der Waals surface area contributed by atoms with E-state index in [0.29, 0.717) is 6.61 Å². The second-order valence-corrected chi connectivity index (χ2v) is 3.18. The molecule has 0 aromatic rings. The number of esters is 1. The van der Waals surface area contributed by atoms with E-state index in [1.807, 2.05) is 6.92 Å². The monoisotopic (exact) mass is 192 g/mol. The first-order valence-corrected chi connectivity index (χ1v) is 3.51. The Bertz CT molecular complexity index is 110. The molecule has 1 atom stereocenters. The summed E-state index contributed by atoms with van der Waals surface area (Å²) >= 11 is 3.22. The van der Waals surface area contributed by atoms with Crippen LogP contribution in [0, 0.1) is 0 Å². The van der Waals surface area contributed by atoms with E-state index in [1.54, 1.807) is 0 Å². The average Bonchev–Trinajstić information content (AvgIpc) is 1.83. The van der Waals surface area contributed by atoms with Gasteiger partial charge in [0.2, 0.25) is 0 Å². The second-order valence-electron chi connectivity index (χ2n) is 1.61.